The Morgan fingerprint density at radius 1 is 1.42 bits per heavy atom. The summed E-state index contributed by atoms with van der Waals surface area (Å²) >= 11 is 5.01. The number of nitrogens with two attached hydrogens (primary N) is 1. The Morgan fingerprint density at radius 3 is 2.74 bits per heavy atom. The minimum Gasteiger partial charge on any atom is -0.389 e. The zero-order chi connectivity index (χ0) is 14.0. The van der Waals surface area contributed by atoms with Gasteiger partial charge in [0.2, 0.25) is 0 Å². The fraction of sp³-hybridized carbons (Fsp3) is 0.600. The van der Waals surface area contributed by atoms with E-state index in [1.165, 1.54) is 24.1 Å². The van der Waals surface area contributed by atoms with Crippen LogP contribution in [-0.4, -0.2) is 9.56 Å². The Hall–Kier alpha value is -1.16. The summed E-state index contributed by atoms with van der Waals surface area (Å²) in [5.74, 6) is 0.583. The van der Waals surface area contributed by atoms with Crippen molar-refractivity contribution in [2.45, 2.75) is 52.5 Å². The van der Waals surface area contributed by atoms with Gasteiger partial charge in [-0.15, -0.1) is 0 Å². The molecule has 0 fully saturated rings. The van der Waals surface area contributed by atoms with E-state index in [2.05, 4.69) is 13.8 Å². The van der Waals surface area contributed by atoms with E-state index >= 15 is 0 Å². The number of pyridine rings is 1. The molecule has 0 bridgehead atoms. The van der Waals surface area contributed by atoms with Gasteiger partial charge >= 0.3 is 0 Å². The van der Waals surface area contributed by atoms with Crippen molar-refractivity contribution < 1.29 is 0 Å². The highest BCUT2D eigenvalue weighted by Crippen LogP contribution is 2.21. The third-order valence-corrected chi connectivity index (χ3v) is 4.02. The molecule has 1 heterocycles. The number of hydrogen-bond donors (Lipinski definition) is 1. The number of nitrogens with zero attached hydrogens (tertiary/aromatic N) is 1. The fourth-order valence-corrected chi connectivity index (χ4v) is 2.83. The third-order valence-electron chi connectivity index (χ3n) is 3.80. The van der Waals surface area contributed by atoms with Crippen molar-refractivity contribution in [2.24, 2.45) is 11.7 Å². The summed E-state index contributed by atoms with van der Waals surface area (Å²) in [6.07, 6.45) is 5.40. The molecule has 0 aromatic carbocycles. The lowest BCUT2D eigenvalue weighted by Crippen LogP contribution is -2.33. The summed E-state index contributed by atoms with van der Waals surface area (Å²) in [4.78, 5) is 12.7. The van der Waals surface area contributed by atoms with Gasteiger partial charge in [-0.3, -0.25) is 4.79 Å². The molecule has 3 nitrogen and oxygen atoms in total. The van der Waals surface area contributed by atoms with Crippen molar-refractivity contribution in [1.82, 2.24) is 4.57 Å². The van der Waals surface area contributed by atoms with Gasteiger partial charge in [0, 0.05) is 12.2 Å². The maximum absolute atomic E-state index is 12.5. The van der Waals surface area contributed by atoms with Crippen LogP contribution in [0.2, 0.25) is 0 Å². The molecule has 1 aliphatic rings. The highest BCUT2D eigenvalue weighted by Gasteiger charge is 2.18. The molecule has 0 saturated heterocycles. The van der Waals surface area contributed by atoms with E-state index in [4.69, 9.17) is 18.0 Å². The highest BCUT2D eigenvalue weighted by atomic mass is 32.1. The van der Waals surface area contributed by atoms with E-state index in [9.17, 15) is 4.79 Å². The molecule has 4 heteroatoms. The SMILES string of the molecule is CC(C)CCn1c2c(cc(C(N)=S)c1=O)CCCC2. The summed E-state index contributed by atoms with van der Waals surface area (Å²) in [6, 6.07) is 1.92. The number of rotatable bonds is 4. The van der Waals surface area contributed by atoms with E-state index in [0.717, 1.165) is 25.8 Å². The molecule has 1 aliphatic carbocycles. The van der Waals surface area contributed by atoms with Gasteiger partial charge in [0.1, 0.15) is 4.99 Å². The van der Waals surface area contributed by atoms with Crippen LogP contribution in [0, 0.1) is 5.92 Å². The Bertz CT molecular complexity index is 546. The van der Waals surface area contributed by atoms with Crippen LogP contribution in [0.15, 0.2) is 10.9 Å². The monoisotopic (exact) mass is 278 g/mol. The number of aromatic nitrogens is 1. The van der Waals surface area contributed by atoms with Crippen LogP contribution in [0.4, 0.5) is 0 Å². The predicted molar refractivity (Wildman–Crippen MR) is 82.7 cm³/mol. The first-order valence-electron chi connectivity index (χ1n) is 7.06. The smallest absolute Gasteiger partial charge is 0.261 e. The average molecular weight is 278 g/mol. The van der Waals surface area contributed by atoms with Crippen LogP contribution < -0.4 is 11.3 Å². The minimum absolute atomic E-state index is 0.00574. The van der Waals surface area contributed by atoms with Crippen LogP contribution >= 0.6 is 12.2 Å². The molecular weight excluding hydrogens is 256 g/mol. The predicted octanol–water partition coefficient (Wildman–Crippen LogP) is 2.41. The average Bonchev–Trinajstić information content (AvgIpc) is 2.36. The third kappa shape index (κ3) is 3.06. The standard InChI is InChI=1S/C15H22N2OS/c1-10(2)7-8-17-13-6-4-3-5-11(13)9-12(14(16)19)15(17)18/h9-10H,3-8H2,1-2H3,(H2,16,19). The van der Waals surface area contributed by atoms with Gasteiger partial charge in [0.25, 0.3) is 5.56 Å². The molecule has 2 rings (SSSR count). The minimum atomic E-state index is -0.00574. The molecule has 0 aliphatic heterocycles. The molecule has 0 saturated carbocycles. The van der Waals surface area contributed by atoms with Crippen molar-refractivity contribution in [2.75, 3.05) is 0 Å². The summed E-state index contributed by atoms with van der Waals surface area (Å²) in [5.41, 5.74) is 8.67. The van der Waals surface area contributed by atoms with Crippen molar-refractivity contribution in [3.63, 3.8) is 0 Å². The second-order valence-electron chi connectivity index (χ2n) is 5.74. The van der Waals surface area contributed by atoms with E-state index < -0.39 is 0 Å². The van der Waals surface area contributed by atoms with Gasteiger partial charge in [-0.2, -0.15) is 0 Å². The van der Waals surface area contributed by atoms with Gasteiger partial charge in [-0.1, -0.05) is 26.1 Å². The molecule has 0 atom stereocenters. The maximum atomic E-state index is 12.5. The lowest BCUT2D eigenvalue weighted by molar-refractivity contribution is 0.484. The van der Waals surface area contributed by atoms with E-state index in [1.807, 2.05) is 10.6 Å². The van der Waals surface area contributed by atoms with Crippen molar-refractivity contribution in [3.8, 4) is 0 Å². The number of hydrogen-bond acceptors (Lipinski definition) is 2. The zero-order valence-corrected chi connectivity index (χ0v) is 12.6. The van der Waals surface area contributed by atoms with E-state index in [1.54, 1.807) is 0 Å². The molecule has 1 aromatic heterocycles. The summed E-state index contributed by atoms with van der Waals surface area (Å²) in [7, 11) is 0. The summed E-state index contributed by atoms with van der Waals surface area (Å²) in [6.45, 7) is 5.12. The van der Waals surface area contributed by atoms with Crippen molar-refractivity contribution >= 4 is 17.2 Å². The first-order chi connectivity index (χ1) is 9.00. The van der Waals surface area contributed by atoms with Gasteiger partial charge in [-0.05, 0) is 49.7 Å². The molecule has 19 heavy (non-hydrogen) atoms. The van der Waals surface area contributed by atoms with Crippen LogP contribution in [0.25, 0.3) is 0 Å². The Labute approximate surface area is 119 Å². The fourth-order valence-electron chi connectivity index (χ4n) is 2.68. The first-order valence-corrected chi connectivity index (χ1v) is 7.47. The van der Waals surface area contributed by atoms with Gasteiger partial charge in [0.05, 0.1) is 5.56 Å². The van der Waals surface area contributed by atoms with Crippen LogP contribution in [0.5, 0.6) is 0 Å². The Morgan fingerprint density at radius 2 is 2.11 bits per heavy atom. The highest BCUT2D eigenvalue weighted by molar-refractivity contribution is 7.80. The molecule has 1 aromatic rings. The molecule has 0 radical (unpaired) electrons. The van der Waals surface area contributed by atoms with Crippen molar-refractivity contribution in [3.05, 3.63) is 33.2 Å². The quantitative estimate of drug-likeness (QED) is 0.860. The van der Waals surface area contributed by atoms with Crippen LogP contribution in [0.3, 0.4) is 0 Å². The van der Waals surface area contributed by atoms with Gasteiger partial charge in [-0.25, -0.2) is 0 Å². The second-order valence-corrected chi connectivity index (χ2v) is 6.18. The molecule has 0 amide bonds. The lowest BCUT2D eigenvalue weighted by atomic mass is 9.94. The molecule has 2 N–H and O–H groups in total. The molecule has 0 unspecified atom stereocenters. The Kier molecular flexibility index (Phi) is 4.40. The number of thiocarbonyl (C=S) groups is 1. The lowest BCUT2D eigenvalue weighted by Gasteiger charge is -2.22. The first kappa shape index (κ1) is 14.3. The summed E-state index contributed by atoms with van der Waals surface area (Å²) in [5, 5.41) is 0. The number of fused-ring (bicyclic) bond motifs is 1. The van der Waals surface area contributed by atoms with Gasteiger partial charge < -0.3 is 10.3 Å². The zero-order valence-electron chi connectivity index (χ0n) is 11.7. The Balaban J connectivity index is 2.50. The van der Waals surface area contributed by atoms with E-state index in [-0.39, 0.29) is 10.5 Å². The second kappa shape index (κ2) is 5.87. The maximum Gasteiger partial charge on any atom is 0.261 e. The van der Waals surface area contributed by atoms with Crippen LogP contribution in [-0.2, 0) is 19.4 Å². The molecule has 0 spiro atoms. The summed E-state index contributed by atoms with van der Waals surface area (Å²) < 4.78 is 1.92. The van der Waals surface area contributed by atoms with Crippen molar-refractivity contribution in [1.29, 1.82) is 0 Å². The largest absolute Gasteiger partial charge is 0.389 e. The molecule has 104 valence electrons. The van der Waals surface area contributed by atoms with Gasteiger partial charge in [0.15, 0.2) is 0 Å². The van der Waals surface area contributed by atoms with E-state index in [0.29, 0.717) is 11.5 Å². The normalized spacial score (nSPS) is 14.5. The molecular formula is C15H22N2OS. The van der Waals surface area contributed by atoms with Crippen LogP contribution in [0.1, 0.15) is 49.9 Å². The topological polar surface area (TPSA) is 48.0 Å². The number of aryl methyl sites for hydroxylation is 1.